The van der Waals surface area contributed by atoms with E-state index in [1.807, 2.05) is 24.3 Å². The molecule has 0 radical (unpaired) electrons. The lowest BCUT2D eigenvalue weighted by Gasteiger charge is -2.04. The van der Waals surface area contributed by atoms with Crippen LogP contribution in [0, 0.1) is 0 Å². The van der Waals surface area contributed by atoms with Crippen LogP contribution in [0.15, 0.2) is 28.8 Å². The second-order valence-corrected chi connectivity index (χ2v) is 3.58. The normalized spacial score (nSPS) is 10.4. The monoisotopic (exact) mass is 238 g/mol. The Morgan fingerprint density at radius 3 is 3.00 bits per heavy atom. The van der Waals surface area contributed by atoms with Gasteiger partial charge < -0.3 is 9.26 Å². The van der Waals surface area contributed by atoms with Gasteiger partial charge in [0, 0.05) is 5.56 Å². The highest BCUT2D eigenvalue weighted by Crippen LogP contribution is 2.23. The Labute approximate surface area is 98.2 Å². The van der Waals surface area contributed by atoms with E-state index in [2.05, 4.69) is 17.1 Å². The molecular weight excluding hydrogens is 228 g/mol. The molecule has 0 amide bonds. The molecule has 16 heavy (non-hydrogen) atoms. The first-order valence-corrected chi connectivity index (χ1v) is 5.40. The van der Waals surface area contributed by atoms with Crippen molar-refractivity contribution in [2.45, 2.75) is 13.3 Å². The van der Waals surface area contributed by atoms with Gasteiger partial charge in [-0.05, 0) is 41.4 Å². The van der Waals surface area contributed by atoms with Gasteiger partial charge >= 0.3 is 0 Å². The maximum absolute atomic E-state index is 5.59. The van der Waals surface area contributed by atoms with Crippen LogP contribution < -0.4 is 4.74 Å². The molecule has 0 bridgehead atoms. The van der Waals surface area contributed by atoms with Crippen molar-refractivity contribution in [1.82, 2.24) is 10.1 Å². The van der Waals surface area contributed by atoms with Gasteiger partial charge in [-0.1, -0.05) is 13.0 Å². The molecule has 5 heteroatoms. The molecule has 84 valence electrons. The number of halogens is 1. The summed E-state index contributed by atoms with van der Waals surface area (Å²) in [6.07, 6.45) is 0.969. The first-order valence-electron chi connectivity index (χ1n) is 5.02. The molecular formula is C11H11ClN2O2. The number of hydrogen-bond acceptors (Lipinski definition) is 4. The SMILES string of the molecule is CCCOc1cccc(-c2nc(Cl)no2)c1. The summed E-state index contributed by atoms with van der Waals surface area (Å²) in [6.45, 7) is 2.75. The van der Waals surface area contributed by atoms with Gasteiger partial charge in [0.25, 0.3) is 11.2 Å². The minimum Gasteiger partial charge on any atom is -0.494 e. The minimum absolute atomic E-state index is 0.106. The standard InChI is InChI=1S/C11H11ClN2O2/c1-2-6-15-9-5-3-4-8(7-9)10-13-11(12)14-16-10/h3-5,7H,2,6H2,1H3. The number of hydrogen-bond donors (Lipinski definition) is 0. The van der Waals surface area contributed by atoms with Gasteiger partial charge in [-0.2, -0.15) is 4.98 Å². The van der Waals surface area contributed by atoms with Crippen LogP contribution in [0.3, 0.4) is 0 Å². The van der Waals surface area contributed by atoms with E-state index in [1.165, 1.54) is 0 Å². The quantitative estimate of drug-likeness (QED) is 0.821. The van der Waals surface area contributed by atoms with Crippen LogP contribution in [0.4, 0.5) is 0 Å². The molecule has 1 heterocycles. The second-order valence-electron chi connectivity index (χ2n) is 3.24. The third-order valence-corrected chi connectivity index (χ3v) is 2.11. The summed E-state index contributed by atoms with van der Waals surface area (Å²) in [4.78, 5) is 3.93. The van der Waals surface area contributed by atoms with E-state index in [9.17, 15) is 0 Å². The fraction of sp³-hybridized carbons (Fsp3) is 0.273. The number of nitrogens with zero attached hydrogens (tertiary/aromatic N) is 2. The summed E-state index contributed by atoms with van der Waals surface area (Å²) in [5.74, 6) is 1.18. The van der Waals surface area contributed by atoms with Crippen LogP contribution in [0.1, 0.15) is 13.3 Å². The van der Waals surface area contributed by atoms with Crippen molar-refractivity contribution in [3.8, 4) is 17.2 Å². The van der Waals surface area contributed by atoms with Gasteiger partial charge in [0.2, 0.25) is 0 Å². The summed E-state index contributed by atoms with van der Waals surface area (Å²) in [5.41, 5.74) is 0.799. The average Bonchev–Trinajstić information content (AvgIpc) is 2.74. The van der Waals surface area contributed by atoms with Crippen molar-refractivity contribution < 1.29 is 9.26 Å². The van der Waals surface area contributed by atoms with Crippen molar-refractivity contribution in [3.63, 3.8) is 0 Å². The molecule has 2 aromatic rings. The van der Waals surface area contributed by atoms with Gasteiger partial charge in [0.05, 0.1) is 6.61 Å². The number of aromatic nitrogens is 2. The Bertz CT molecular complexity index is 471. The van der Waals surface area contributed by atoms with Gasteiger partial charge in [0.1, 0.15) is 5.75 Å². The molecule has 0 atom stereocenters. The zero-order valence-corrected chi connectivity index (χ0v) is 9.57. The first kappa shape index (κ1) is 11.0. The summed E-state index contributed by atoms with van der Waals surface area (Å²) >= 11 is 5.59. The Kier molecular flexibility index (Phi) is 3.41. The molecule has 0 aliphatic heterocycles. The van der Waals surface area contributed by atoms with E-state index < -0.39 is 0 Å². The summed E-state index contributed by atoms with van der Waals surface area (Å²) in [6, 6.07) is 7.47. The molecule has 2 rings (SSSR count). The Morgan fingerprint density at radius 1 is 1.44 bits per heavy atom. The molecule has 0 saturated heterocycles. The maximum Gasteiger partial charge on any atom is 0.264 e. The van der Waals surface area contributed by atoms with E-state index in [4.69, 9.17) is 20.9 Å². The number of ether oxygens (including phenoxy) is 1. The van der Waals surface area contributed by atoms with Crippen molar-refractivity contribution in [2.75, 3.05) is 6.61 Å². The van der Waals surface area contributed by atoms with E-state index in [-0.39, 0.29) is 5.28 Å². The fourth-order valence-corrected chi connectivity index (χ4v) is 1.37. The minimum atomic E-state index is 0.106. The van der Waals surface area contributed by atoms with Crippen molar-refractivity contribution in [3.05, 3.63) is 29.5 Å². The fourth-order valence-electron chi connectivity index (χ4n) is 1.26. The average molecular weight is 239 g/mol. The predicted octanol–water partition coefficient (Wildman–Crippen LogP) is 3.18. The van der Waals surface area contributed by atoms with Crippen molar-refractivity contribution in [2.24, 2.45) is 0 Å². The molecule has 0 saturated carbocycles. The zero-order valence-electron chi connectivity index (χ0n) is 8.81. The lowest BCUT2D eigenvalue weighted by molar-refractivity contribution is 0.317. The van der Waals surface area contributed by atoms with Crippen molar-refractivity contribution in [1.29, 1.82) is 0 Å². The Hall–Kier alpha value is -1.55. The molecule has 0 N–H and O–H groups in total. The predicted molar refractivity (Wildman–Crippen MR) is 60.5 cm³/mol. The van der Waals surface area contributed by atoms with Gasteiger partial charge in [-0.25, -0.2) is 0 Å². The molecule has 0 unspecified atom stereocenters. The van der Waals surface area contributed by atoms with Crippen LogP contribution in [0.2, 0.25) is 5.28 Å². The van der Waals surface area contributed by atoms with Crippen LogP contribution in [-0.4, -0.2) is 16.7 Å². The first-order chi connectivity index (χ1) is 7.79. The smallest absolute Gasteiger partial charge is 0.264 e. The Balaban J connectivity index is 2.22. The van der Waals surface area contributed by atoms with Gasteiger partial charge in [-0.3, -0.25) is 0 Å². The van der Waals surface area contributed by atoms with Gasteiger partial charge in [0.15, 0.2) is 0 Å². The third-order valence-electron chi connectivity index (χ3n) is 1.96. The molecule has 0 aliphatic carbocycles. The largest absolute Gasteiger partial charge is 0.494 e. The van der Waals surface area contributed by atoms with E-state index in [0.717, 1.165) is 17.7 Å². The zero-order chi connectivity index (χ0) is 11.4. The third kappa shape index (κ3) is 2.52. The summed E-state index contributed by atoms with van der Waals surface area (Å²) in [7, 11) is 0. The highest BCUT2D eigenvalue weighted by molar-refractivity contribution is 6.28. The summed E-state index contributed by atoms with van der Waals surface area (Å²) in [5, 5.41) is 3.63. The lowest BCUT2D eigenvalue weighted by atomic mass is 10.2. The van der Waals surface area contributed by atoms with Crippen LogP contribution in [-0.2, 0) is 0 Å². The van der Waals surface area contributed by atoms with Gasteiger partial charge in [-0.15, -0.1) is 0 Å². The van der Waals surface area contributed by atoms with E-state index in [0.29, 0.717) is 12.5 Å². The molecule has 0 fully saturated rings. The number of rotatable bonds is 4. The maximum atomic E-state index is 5.59. The topological polar surface area (TPSA) is 48.2 Å². The molecule has 1 aromatic heterocycles. The molecule has 0 aliphatic rings. The second kappa shape index (κ2) is 4.99. The highest BCUT2D eigenvalue weighted by Gasteiger charge is 2.07. The van der Waals surface area contributed by atoms with E-state index >= 15 is 0 Å². The van der Waals surface area contributed by atoms with Crippen LogP contribution >= 0.6 is 11.6 Å². The summed E-state index contributed by atoms with van der Waals surface area (Å²) < 4.78 is 10.5. The van der Waals surface area contributed by atoms with E-state index in [1.54, 1.807) is 0 Å². The molecule has 1 aromatic carbocycles. The molecule has 4 nitrogen and oxygen atoms in total. The van der Waals surface area contributed by atoms with Crippen molar-refractivity contribution >= 4 is 11.6 Å². The Morgan fingerprint density at radius 2 is 2.31 bits per heavy atom. The van der Waals surface area contributed by atoms with Crippen LogP contribution in [0.25, 0.3) is 11.5 Å². The molecule has 0 spiro atoms. The lowest BCUT2D eigenvalue weighted by Crippen LogP contribution is -1.94. The van der Waals surface area contributed by atoms with Crippen LogP contribution in [0.5, 0.6) is 5.75 Å². The number of benzene rings is 1. The highest BCUT2D eigenvalue weighted by atomic mass is 35.5.